The highest BCUT2D eigenvalue weighted by molar-refractivity contribution is 6.07. The van der Waals surface area contributed by atoms with Gasteiger partial charge in [-0.1, -0.05) is 6.07 Å². The predicted octanol–water partition coefficient (Wildman–Crippen LogP) is 1.40. The maximum Gasteiger partial charge on any atom is 0.252 e. The van der Waals surface area contributed by atoms with E-state index in [0.29, 0.717) is 0 Å². The van der Waals surface area contributed by atoms with Crippen LogP contribution in [-0.4, -0.2) is 28.8 Å². The SMILES string of the molecule is N#Cc1c(F)cccc1NC1CC(=O)N(C2CC2)C1=O. The molecule has 6 heteroatoms. The molecule has 1 saturated heterocycles. The van der Waals surface area contributed by atoms with Crippen molar-refractivity contribution in [2.75, 3.05) is 5.32 Å². The van der Waals surface area contributed by atoms with Crippen LogP contribution in [0.3, 0.4) is 0 Å². The molecule has 2 fully saturated rings. The van der Waals surface area contributed by atoms with Crippen LogP contribution < -0.4 is 5.32 Å². The molecule has 0 bridgehead atoms. The van der Waals surface area contributed by atoms with Crippen molar-refractivity contribution in [2.24, 2.45) is 0 Å². The van der Waals surface area contributed by atoms with Gasteiger partial charge in [0.15, 0.2) is 0 Å². The third-order valence-corrected chi connectivity index (χ3v) is 3.55. The lowest BCUT2D eigenvalue weighted by Crippen LogP contribution is -2.36. The number of nitrogens with zero attached hydrogens (tertiary/aromatic N) is 2. The van der Waals surface area contributed by atoms with Gasteiger partial charge < -0.3 is 5.32 Å². The molecule has 0 aromatic heterocycles. The normalized spacial score (nSPS) is 22.0. The van der Waals surface area contributed by atoms with Gasteiger partial charge in [-0.3, -0.25) is 14.5 Å². The molecule has 2 amide bonds. The Morgan fingerprint density at radius 1 is 1.35 bits per heavy atom. The third-order valence-electron chi connectivity index (χ3n) is 3.55. The first-order chi connectivity index (χ1) is 9.61. The first-order valence-corrected chi connectivity index (χ1v) is 6.43. The minimum Gasteiger partial charge on any atom is -0.372 e. The van der Waals surface area contributed by atoms with E-state index in [1.807, 2.05) is 0 Å². The lowest BCUT2D eigenvalue weighted by Gasteiger charge is -2.15. The van der Waals surface area contributed by atoms with Gasteiger partial charge in [0.05, 0.1) is 12.1 Å². The van der Waals surface area contributed by atoms with Gasteiger partial charge in [-0.2, -0.15) is 5.26 Å². The van der Waals surface area contributed by atoms with Crippen LogP contribution >= 0.6 is 0 Å². The Morgan fingerprint density at radius 2 is 2.10 bits per heavy atom. The molecule has 0 radical (unpaired) electrons. The molecule has 1 unspecified atom stereocenters. The van der Waals surface area contributed by atoms with Crippen molar-refractivity contribution < 1.29 is 14.0 Å². The monoisotopic (exact) mass is 273 g/mol. The van der Waals surface area contributed by atoms with E-state index in [1.54, 1.807) is 6.07 Å². The molecule has 3 rings (SSSR count). The van der Waals surface area contributed by atoms with E-state index in [2.05, 4.69) is 5.32 Å². The summed E-state index contributed by atoms with van der Waals surface area (Å²) < 4.78 is 13.5. The van der Waals surface area contributed by atoms with Gasteiger partial charge in [0.2, 0.25) is 5.91 Å². The summed E-state index contributed by atoms with van der Waals surface area (Å²) in [6.45, 7) is 0. The lowest BCUT2D eigenvalue weighted by molar-refractivity contribution is -0.139. The number of anilines is 1. The summed E-state index contributed by atoms with van der Waals surface area (Å²) in [5.74, 6) is -1.14. The largest absolute Gasteiger partial charge is 0.372 e. The number of carbonyl (C=O) groups excluding carboxylic acids is 2. The topological polar surface area (TPSA) is 73.2 Å². The molecule has 2 aliphatic rings. The summed E-state index contributed by atoms with van der Waals surface area (Å²) in [6.07, 6.45) is 1.76. The fourth-order valence-electron chi connectivity index (χ4n) is 2.43. The molecule has 1 saturated carbocycles. The van der Waals surface area contributed by atoms with Crippen LogP contribution in [0.5, 0.6) is 0 Å². The highest BCUT2D eigenvalue weighted by Gasteiger charge is 2.46. The van der Waals surface area contributed by atoms with E-state index in [1.165, 1.54) is 23.1 Å². The Hall–Kier alpha value is -2.42. The van der Waals surface area contributed by atoms with Gasteiger partial charge in [0, 0.05) is 6.04 Å². The number of nitrogens with one attached hydrogen (secondary N) is 1. The Morgan fingerprint density at radius 3 is 2.75 bits per heavy atom. The molecule has 102 valence electrons. The van der Waals surface area contributed by atoms with Gasteiger partial charge in [0.25, 0.3) is 5.91 Å². The summed E-state index contributed by atoms with van der Waals surface area (Å²) in [6, 6.07) is 5.25. The number of benzene rings is 1. The molecule has 1 aromatic carbocycles. The molecule has 1 heterocycles. The quantitative estimate of drug-likeness (QED) is 0.845. The smallest absolute Gasteiger partial charge is 0.252 e. The zero-order chi connectivity index (χ0) is 14.3. The molecular formula is C14H12FN3O2. The highest BCUT2D eigenvalue weighted by atomic mass is 19.1. The van der Waals surface area contributed by atoms with Crippen LogP contribution in [0.4, 0.5) is 10.1 Å². The standard InChI is InChI=1S/C14H12FN3O2/c15-10-2-1-3-11(9(10)7-16)17-12-6-13(19)18(14(12)20)8-4-5-8/h1-3,8,12,17H,4-6H2. The molecule has 1 aliphatic heterocycles. The van der Waals surface area contributed by atoms with E-state index >= 15 is 0 Å². The fourth-order valence-corrected chi connectivity index (χ4v) is 2.43. The number of nitriles is 1. The van der Waals surface area contributed by atoms with Gasteiger partial charge in [-0.25, -0.2) is 4.39 Å². The lowest BCUT2D eigenvalue weighted by atomic mass is 10.1. The zero-order valence-corrected chi connectivity index (χ0v) is 10.6. The Kier molecular flexibility index (Phi) is 2.90. The summed E-state index contributed by atoms with van der Waals surface area (Å²) in [4.78, 5) is 25.3. The summed E-state index contributed by atoms with van der Waals surface area (Å²) in [5, 5.41) is 11.8. The van der Waals surface area contributed by atoms with Crippen molar-refractivity contribution in [3.05, 3.63) is 29.6 Å². The van der Waals surface area contributed by atoms with Crippen LogP contribution in [0, 0.1) is 17.1 Å². The fraction of sp³-hybridized carbons (Fsp3) is 0.357. The van der Waals surface area contributed by atoms with Gasteiger partial charge >= 0.3 is 0 Å². The van der Waals surface area contributed by atoms with Gasteiger partial charge in [0.1, 0.15) is 23.5 Å². The second kappa shape index (κ2) is 4.60. The Labute approximate surface area is 115 Å². The van der Waals surface area contributed by atoms with Crippen molar-refractivity contribution in [1.82, 2.24) is 4.90 Å². The van der Waals surface area contributed by atoms with E-state index < -0.39 is 11.9 Å². The minimum atomic E-state index is -0.711. The van der Waals surface area contributed by atoms with Crippen LogP contribution in [0.2, 0.25) is 0 Å². The summed E-state index contributed by atoms with van der Waals surface area (Å²) in [7, 11) is 0. The number of imide groups is 1. The van der Waals surface area contributed by atoms with E-state index in [0.717, 1.165) is 12.8 Å². The first-order valence-electron chi connectivity index (χ1n) is 6.43. The van der Waals surface area contributed by atoms with Crippen molar-refractivity contribution in [2.45, 2.75) is 31.3 Å². The molecule has 20 heavy (non-hydrogen) atoms. The van der Waals surface area contributed by atoms with E-state index in [-0.39, 0.29) is 35.5 Å². The second-order valence-corrected chi connectivity index (χ2v) is 5.01. The summed E-state index contributed by atoms with van der Waals surface area (Å²) in [5.41, 5.74) is 0.105. The Balaban J connectivity index is 1.82. The van der Waals surface area contributed by atoms with Crippen molar-refractivity contribution in [3.8, 4) is 6.07 Å². The number of hydrogen-bond acceptors (Lipinski definition) is 4. The molecule has 1 aliphatic carbocycles. The second-order valence-electron chi connectivity index (χ2n) is 5.01. The van der Waals surface area contributed by atoms with E-state index in [4.69, 9.17) is 5.26 Å². The van der Waals surface area contributed by atoms with Gasteiger partial charge in [-0.15, -0.1) is 0 Å². The zero-order valence-electron chi connectivity index (χ0n) is 10.6. The first kappa shape index (κ1) is 12.6. The van der Waals surface area contributed by atoms with Crippen molar-refractivity contribution in [1.29, 1.82) is 5.26 Å². The predicted molar refractivity (Wildman–Crippen MR) is 68.0 cm³/mol. The van der Waals surface area contributed by atoms with Crippen LogP contribution in [-0.2, 0) is 9.59 Å². The minimum absolute atomic E-state index is 0.0322. The third kappa shape index (κ3) is 2.01. The molecule has 1 aromatic rings. The number of hydrogen-bond donors (Lipinski definition) is 1. The van der Waals surface area contributed by atoms with Crippen LogP contribution in [0.1, 0.15) is 24.8 Å². The molecule has 1 N–H and O–H groups in total. The average molecular weight is 273 g/mol. The molecule has 1 atom stereocenters. The van der Waals surface area contributed by atoms with Crippen LogP contribution in [0.15, 0.2) is 18.2 Å². The molecular weight excluding hydrogens is 261 g/mol. The highest BCUT2D eigenvalue weighted by Crippen LogP contribution is 2.32. The Bertz CT molecular complexity index is 634. The van der Waals surface area contributed by atoms with E-state index in [9.17, 15) is 14.0 Å². The van der Waals surface area contributed by atoms with Gasteiger partial charge in [-0.05, 0) is 25.0 Å². The average Bonchev–Trinajstić information content (AvgIpc) is 3.19. The summed E-state index contributed by atoms with van der Waals surface area (Å²) >= 11 is 0. The maximum absolute atomic E-state index is 13.5. The van der Waals surface area contributed by atoms with Crippen LogP contribution in [0.25, 0.3) is 0 Å². The number of halogens is 1. The molecule has 5 nitrogen and oxygen atoms in total. The van der Waals surface area contributed by atoms with Crippen molar-refractivity contribution >= 4 is 17.5 Å². The molecule has 0 spiro atoms. The number of rotatable bonds is 3. The van der Waals surface area contributed by atoms with Crippen molar-refractivity contribution in [3.63, 3.8) is 0 Å². The number of amides is 2. The maximum atomic E-state index is 13.5. The number of likely N-dealkylation sites (tertiary alicyclic amines) is 1. The number of carbonyl (C=O) groups is 2.